The number of fused-ring (bicyclic) bond motifs is 1. The third-order valence-corrected chi connectivity index (χ3v) is 8.26. The highest BCUT2D eigenvalue weighted by Gasteiger charge is 2.45. The zero-order valence-electron chi connectivity index (χ0n) is 25.3. The van der Waals surface area contributed by atoms with E-state index in [-0.39, 0.29) is 17.6 Å². The van der Waals surface area contributed by atoms with E-state index in [1.54, 1.807) is 11.7 Å². The van der Waals surface area contributed by atoms with Gasteiger partial charge in [0.05, 0.1) is 25.6 Å². The zero-order chi connectivity index (χ0) is 31.8. The van der Waals surface area contributed by atoms with Crippen molar-refractivity contribution < 1.29 is 24.5 Å². The minimum Gasteiger partial charge on any atom is -0.497 e. The summed E-state index contributed by atoms with van der Waals surface area (Å²) in [6, 6.07) is 17.1. The van der Waals surface area contributed by atoms with Crippen LogP contribution in [0.3, 0.4) is 0 Å². The Labute approximate surface area is 262 Å². The van der Waals surface area contributed by atoms with Crippen LogP contribution >= 0.6 is 0 Å². The number of nitrogens with zero attached hydrogens (tertiary/aromatic N) is 4. The number of nitrogen functional groups attached to an aromatic ring is 1. The van der Waals surface area contributed by atoms with Crippen LogP contribution in [-0.2, 0) is 22.5 Å². The van der Waals surface area contributed by atoms with Crippen molar-refractivity contribution in [2.45, 2.75) is 62.8 Å². The molecule has 8 N–H and O–H groups in total. The van der Waals surface area contributed by atoms with Gasteiger partial charge in [-0.1, -0.05) is 42.5 Å². The van der Waals surface area contributed by atoms with E-state index in [1.807, 2.05) is 54.6 Å². The van der Waals surface area contributed by atoms with E-state index < -0.39 is 30.6 Å². The predicted molar refractivity (Wildman–Crippen MR) is 169 cm³/mol. The number of aromatic nitrogens is 4. The fourth-order valence-corrected chi connectivity index (χ4v) is 5.66. The Balaban J connectivity index is 1.18. The number of hydrogen-bond acceptors (Lipinski definition) is 11. The third-order valence-electron chi connectivity index (χ3n) is 8.26. The number of amides is 1. The summed E-state index contributed by atoms with van der Waals surface area (Å²) in [5.74, 6) is 0.789. The predicted octanol–water partition coefficient (Wildman–Crippen LogP) is 1.30. The third kappa shape index (κ3) is 8.12. The Hall–Kier alpha value is -4.14. The van der Waals surface area contributed by atoms with Crippen molar-refractivity contribution in [2.75, 3.05) is 25.9 Å². The number of aliphatic hydroxyl groups is 2. The molecule has 4 aromatic rings. The number of ether oxygens (including phenoxy) is 2. The SMILES string of the molecule is COc1ccc(CCNC(=O)[C@H](N)CC[C@H](CNCc2ccccc2)C[C@H]2O[C@@H](n3cnc4c(N)ncnc43)[C@H](O)[C@@H]2O)cc1. The van der Waals surface area contributed by atoms with Gasteiger partial charge in [0.25, 0.3) is 0 Å². The summed E-state index contributed by atoms with van der Waals surface area (Å²) in [6.07, 6.45) is 1.05. The lowest BCUT2D eigenvalue weighted by Gasteiger charge is -2.24. The Morgan fingerprint density at radius 1 is 1.04 bits per heavy atom. The molecule has 2 aromatic heterocycles. The fraction of sp³-hybridized carbons (Fsp3) is 0.438. The lowest BCUT2D eigenvalue weighted by atomic mass is 9.91. The van der Waals surface area contributed by atoms with Crippen LogP contribution in [0.15, 0.2) is 67.3 Å². The van der Waals surface area contributed by atoms with Gasteiger partial charge in [-0.3, -0.25) is 9.36 Å². The molecule has 0 spiro atoms. The van der Waals surface area contributed by atoms with Gasteiger partial charge in [-0.25, -0.2) is 15.0 Å². The van der Waals surface area contributed by atoms with Crippen molar-refractivity contribution in [3.05, 3.63) is 78.4 Å². The Morgan fingerprint density at radius 3 is 2.58 bits per heavy atom. The van der Waals surface area contributed by atoms with E-state index in [0.29, 0.717) is 56.5 Å². The molecule has 0 unspecified atom stereocenters. The second kappa shape index (κ2) is 15.2. The number of nitrogens with two attached hydrogens (primary N) is 2. The molecule has 1 aliphatic rings. The zero-order valence-corrected chi connectivity index (χ0v) is 25.3. The smallest absolute Gasteiger partial charge is 0.236 e. The van der Waals surface area contributed by atoms with E-state index >= 15 is 0 Å². The lowest BCUT2D eigenvalue weighted by molar-refractivity contribution is -0.122. The van der Waals surface area contributed by atoms with Gasteiger partial charge >= 0.3 is 0 Å². The van der Waals surface area contributed by atoms with Gasteiger partial charge in [0.2, 0.25) is 5.91 Å². The van der Waals surface area contributed by atoms with Gasteiger partial charge in [0.15, 0.2) is 17.7 Å². The van der Waals surface area contributed by atoms with E-state index in [0.717, 1.165) is 16.9 Å². The number of rotatable bonds is 15. The van der Waals surface area contributed by atoms with Gasteiger partial charge < -0.3 is 41.8 Å². The Morgan fingerprint density at radius 2 is 1.82 bits per heavy atom. The number of imidazole rings is 1. The Bertz CT molecular complexity index is 1520. The first-order valence-electron chi connectivity index (χ1n) is 15.2. The highest BCUT2D eigenvalue weighted by Crippen LogP contribution is 2.35. The van der Waals surface area contributed by atoms with Crippen molar-refractivity contribution in [3.8, 4) is 5.75 Å². The highest BCUT2D eigenvalue weighted by molar-refractivity contribution is 5.81. The van der Waals surface area contributed by atoms with Gasteiger partial charge in [-0.2, -0.15) is 0 Å². The van der Waals surface area contributed by atoms with Gasteiger partial charge in [0.1, 0.15) is 29.8 Å². The number of nitrogens with one attached hydrogen (secondary N) is 2. The second-order valence-corrected chi connectivity index (χ2v) is 11.4. The average Bonchev–Trinajstić information content (AvgIpc) is 3.61. The molecule has 1 saturated heterocycles. The van der Waals surface area contributed by atoms with Crippen LogP contribution in [0.4, 0.5) is 5.82 Å². The highest BCUT2D eigenvalue weighted by atomic mass is 16.6. The fourth-order valence-electron chi connectivity index (χ4n) is 5.66. The number of anilines is 1. The molecule has 1 aliphatic heterocycles. The Kier molecular flexibility index (Phi) is 10.9. The molecule has 0 aliphatic carbocycles. The summed E-state index contributed by atoms with van der Waals surface area (Å²) in [5.41, 5.74) is 15.3. The molecule has 5 rings (SSSR count). The molecule has 2 aromatic carbocycles. The van der Waals surface area contributed by atoms with Crippen LogP contribution in [0.2, 0.25) is 0 Å². The first-order chi connectivity index (χ1) is 21.8. The molecule has 0 bridgehead atoms. The van der Waals surface area contributed by atoms with Crippen molar-refractivity contribution in [3.63, 3.8) is 0 Å². The maximum Gasteiger partial charge on any atom is 0.236 e. The van der Waals surface area contributed by atoms with E-state index in [2.05, 4.69) is 25.6 Å². The monoisotopic (exact) mass is 618 g/mol. The number of carbonyl (C=O) groups excluding carboxylic acids is 1. The first kappa shape index (κ1) is 32.3. The number of benzene rings is 2. The quantitative estimate of drug-likeness (QED) is 0.112. The molecular formula is C32H42N8O5. The van der Waals surface area contributed by atoms with E-state index in [9.17, 15) is 15.0 Å². The van der Waals surface area contributed by atoms with Crippen molar-refractivity contribution >= 4 is 22.9 Å². The molecular weight excluding hydrogens is 576 g/mol. The number of carbonyl (C=O) groups is 1. The second-order valence-electron chi connectivity index (χ2n) is 11.4. The average molecular weight is 619 g/mol. The normalized spacial score (nSPS) is 21.1. The molecule has 1 fully saturated rings. The van der Waals surface area contributed by atoms with E-state index in [4.69, 9.17) is 20.9 Å². The van der Waals surface area contributed by atoms with Crippen LogP contribution < -0.4 is 26.8 Å². The summed E-state index contributed by atoms with van der Waals surface area (Å²) in [5, 5.41) is 28.4. The maximum atomic E-state index is 12.8. The molecule has 240 valence electrons. The first-order valence-corrected chi connectivity index (χ1v) is 15.2. The molecule has 0 radical (unpaired) electrons. The summed E-state index contributed by atoms with van der Waals surface area (Å²) < 4.78 is 13.0. The molecule has 1 amide bonds. The van der Waals surface area contributed by atoms with Gasteiger partial charge in [-0.15, -0.1) is 0 Å². The minimum atomic E-state index is -1.21. The molecule has 6 atom stereocenters. The lowest BCUT2D eigenvalue weighted by Crippen LogP contribution is -2.42. The number of hydrogen-bond donors (Lipinski definition) is 6. The topological polar surface area (TPSA) is 196 Å². The van der Waals surface area contributed by atoms with Crippen LogP contribution in [0.1, 0.15) is 36.6 Å². The summed E-state index contributed by atoms with van der Waals surface area (Å²) in [7, 11) is 1.62. The van der Waals surface area contributed by atoms with Gasteiger partial charge in [0, 0.05) is 13.1 Å². The maximum absolute atomic E-state index is 12.8. The summed E-state index contributed by atoms with van der Waals surface area (Å²) >= 11 is 0. The number of aliphatic hydroxyl groups excluding tert-OH is 2. The van der Waals surface area contributed by atoms with E-state index in [1.165, 1.54) is 12.7 Å². The van der Waals surface area contributed by atoms with Crippen molar-refractivity contribution in [2.24, 2.45) is 11.7 Å². The molecule has 13 nitrogen and oxygen atoms in total. The molecule has 13 heteroatoms. The van der Waals surface area contributed by atoms with Gasteiger partial charge in [-0.05, 0) is 61.4 Å². The largest absolute Gasteiger partial charge is 0.497 e. The van der Waals surface area contributed by atoms with Crippen LogP contribution in [-0.4, -0.2) is 80.2 Å². The minimum absolute atomic E-state index is 0.00466. The summed E-state index contributed by atoms with van der Waals surface area (Å²) in [4.78, 5) is 25.3. The molecule has 45 heavy (non-hydrogen) atoms. The number of methoxy groups -OCH3 is 1. The van der Waals surface area contributed by atoms with Crippen molar-refractivity contribution in [1.29, 1.82) is 0 Å². The van der Waals surface area contributed by atoms with Crippen molar-refractivity contribution in [1.82, 2.24) is 30.2 Å². The molecule has 3 heterocycles. The van der Waals surface area contributed by atoms with Crippen LogP contribution in [0.5, 0.6) is 5.75 Å². The summed E-state index contributed by atoms with van der Waals surface area (Å²) in [6.45, 7) is 1.74. The molecule has 0 saturated carbocycles. The van der Waals surface area contributed by atoms with Crippen LogP contribution in [0.25, 0.3) is 11.2 Å². The van der Waals surface area contributed by atoms with Crippen LogP contribution in [0, 0.1) is 5.92 Å². The standard InChI is InChI=1S/C32H42N8O5/c1-44-23-10-7-20(8-11-23)13-14-36-31(43)24(33)12-9-22(17-35-16-21-5-3-2-4-6-21)15-25-27(41)28(42)32(45-25)40-19-39-26-29(34)37-18-38-30(26)40/h2-8,10-11,18-19,22,24-25,27-28,32,35,41-42H,9,12-17,33H2,1H3,(H,36,43)(H2,34,37,38)/t22-,24+,25+,27+,28+,32+/m0/s1.